The Balaban J connectivity index is 2.05. The number of aromatic amines is 1. The van der Waals surface area contributed by atoms with Crippen LogP contribution in [0.15, 0.2) is 48.7 Å². The second kappa shape index (κ2) is 4.11. The van der Waals surface area contributed by atoms with Gasteiger partial charge in [0.05, 0.1) is 5.69 Å². The van der Waals surface area contributed by atoms with Gasteiger partial charge in [-0.15, -0.1) is 0 Å². The normalized spacial score (nSPS) is 10.7. The molecule has 3 heteroatoms. The molecule has 3 N–H and O–H groups in total. The van der Waals surface area contributed by atoms with Gasteiger partial charge in [0.1, 0.15) is 5.75 Å². The molecule has 0 aliphatic rings. The van der Waals surface area contributed by atoms with Gasteiger partial charge in [-0.05, 0) is 24.4 Å². The van der Waals surface area contributed by atoms with Gasteiger partial charge in [-0.1, -0.05) is 24.3 Å². The molecule has 3 nitrogen and oxygen atoms in total. The van der Waals surface area contributed by atoms with Crippen molar-refractivity contribution in [1.29, 1.82) is 0 Å². The second-order valence-electron chi connectivity index (χ2n) is 4.36. The molecule has 0 bridgehead atoms. The Kier molecular flexibility index (Phi) is 2.45. The minimum atomic E-state index is 0.295. The van der Waals surface area contributed by atoms with Crippen LogP contribution >= 0.6 is 0 Å². The Morgan fingerprint density at radius 2 is 1.94 bits per heavy atom. The smallest absolute Gasteiger partial charge is 0.125 e. The van der Waals surface area contributed by atoms with Crippen molar-refractivity contribution in [3.05, 3.63) is 54.4 Å². The van der Waals surface area contributed by atoms with E-state index >= 15 is 0 Å². The zero-order chi connectivity index (χ0) is 12.5. The number of phenols is 1. The van der Waals surface area contributed by atoms with E-state index in [1.54, 1.807) is 6.07 Å². The molecule has 3 rings (SSSR count). The van der Waals surface area contributed by atoms with Gasteiger partial charge in [0.25, 0.3) is 0 Å². The van der Waals surface area contributed by atoms with Crippen LogP contribution in [0.3, 0.4) is 0 Å². The van der Waals surface area contributed by atoms with E-state index in [-0.39, 0.29) is 0 Å². The molecule has 0 amide bonds. The van der Waals surface area contributed by atoms with Crippen LogP contribution in [0.5, 0.6) is 5.75 Å². The van der Waals surface area contributed by atoms with Crippen LogP contribution in [0.1, 0.15) is 5.69 Å². The molecule has 0 unspecified atom stereocenters. The number of aromatic hydroxyl groups is 1. The van der Waals surface area contributed by atoms with E-state index in [0.29, 0.717) is 5.75 Å². The van der Waals surface area contributed by atoms with Gasteiger partial charge < -0.3 is 15.4 Å². The first-order chi connectivity index (χ1) is 8.74. The van der Waals surface area contributed by atoms with Gasteiger partial charge in [0, 0.05) is 29.0 Å². The monoisotopic (exact) mass is 238 g/mol. The van der Waals surface area contributed by atoms with E-state index in [1.807, 2.05) is 49.5 Å². The lowest BCUT2D eigenvalue weighted by atomic mass is 10.1. The first-order valence-corrected chi connectivity index (χ1v) is 5.87. The van der Waals surface area contributed by atoms with Gasteiger partial charge in [-0.3, -0.25) is 0 Å². The van der Waals surface area contributed by atoms with Crippen LogP contribution < -0.4 is 5.32 Å². The number of hydrogen-bond donors (Lipinski definition) is 3. The summed E-state index contributed by atoms with van der Waals surface area (Å²) < 4.78 is 0. The van der Waals surface area contributed by atoms with Crippen LogP contribution in [0.4, 0.5) is 11.4 Å². The molecule has 0 saturated carbocycles. The summed E-state index contributed by atoms with van der Waals surface area (Å²) in [7, 11) is 0. The molecule has 3 aromatic rings. The molecule has 0 aliphatic carbocycles. The summed E-state index contributed by atoms with van der Waals surface area (Å²) in [6, 6.07) is 13.5. The molecule has 0 atom stereocenters. The molecule has 0 spiro atoms. The standard InChI is InChI=1S/C15H14N2O/c1-10-14(6-7-16-10)17-12-8-11-4-2-3-5-13(11)15(18)9-12/h2-9,16-18H,1H3. The topological polar surface area (TPSA) is 48.0 Å². The second-order valence-corrected chi connectivity index (χ2v) is 4.36. The SMILES string of the molecule is Cc1[nH]ccc1Nc1cc(O)c2ccccc2c1. The molecule has 1 heterocycles. The highest BCUT2D eigenvalue weighted by atomic mass is 16.3. The summed E-state index contributed by atoms with van der Waals surface area (Å²) in [5, 5.41) is 15.2. The summed E-state index contributed by atoms with van der Waals surface area (Å²) in [5.74, 6) is 0.295. The fourth-order valence-electron chi connectivity index (χ4n) is 2.11. The number of aryl methyl sites for hydroxylation is 1. The third kappa shape index (κ3) is 1.80. The lowest BCUT2D eigenvalue weighted by Gasteiger charge is -2.08. The number of fused-ring (bicyclic) bond motifs is 1. The van der Waals surface area contributed by atoms with Crippen molar-refractivity contribution in [2.24, 2.45) is 0 Å². The molecule has 0 aliphatic heterocycles. The predicted octanol–water partition coefficient (Wildman–Crippen LogP) is 3.93. The Morgan fingerprint density at radius 3 is 2.72 bits per heavy atom. The fraction of sp³-hybridized carbons (Fsp3) is 0.0667. The Labute approximate surface area is 105 Å². The molecular weight excluding hydrogens is 224 g/mol. The quantitative estimate of drug-likeness (QED) is 0.633. The fourth-order valence-corrected chi connectivity index (χ4v) is 2.11. The largest absolute Gasteiger partial charge is 0.507 e. The number of phenolic OH excluding ortho intramolecular Hbond substituents is 1. The lowest BCUT2D eigenvalue weighted by molar-refractivity contribution is 0.482. The summed E-state index contributed by atoms with van der Waals surface area (Å²) in [6.45, 7) is 2.00. The highest BCUT2D eigenvalue weighted by molar-refractivity contribution is 5.91. The maximum absolute atomic E-state index is 10.0. The van der Waals surface area contributed by atoms with Crippen molar-refractivity contribution >= 4 is 22.1 Å². The van der Waals surface area contributed by atoms with Crippen molar-refractivity contribution in [1.82, 2.24) is 4.98 Å². The Bertz CT molecular complexity index is 701. The zero-order valence-electron chi connectivity index (χ0n) is 10.1. The molecule has 90 valence electrons. The van der Waals surface area contributed by atoms with Crippen LogP contribution in [0, 0.1) is 6.92 Å². The van der Waals surface area contributed by atoms with Crippen molar-refractivity contribution in [3.8, 4) is 5.75 Å². The number of rotatable bonds is 2. The van der Waals surface area contributed by atoms with E-state index in [2.05, 4.69) is 10.3 Å². The van der Waals surface area contributed by atoms with Crippen molar-refractivity contribution in [2.45, 2.75) is 6.92 Å². The molecule has 18 heavy (non-hydrogen) atoms. The van der Waals surface area contributed by atoms with E-state index in [0.717, 1.165) is 27.8 Å². The maximum atomic E-state index is 10.0. The summed E-state index contributed by atoms with van der Waals surface area (Å²) in [4.78, 5) is 3.12. The summed E-state index contributed by atoms with van der Waals surface area (Å²) in [5.41, 5.74) is 2.97. The predicted molar refractivity (Wildman–Crippen MR) is 74.4 cm³/mol. The first-order valence-electron chi connectivity index (χ1n) is 5.87. The van der Waals surface area contributed by atoms with E-state index in [4.69, 9.17) is 0 Å². The van der Waals surface area contributed by atoms with Crippen molar-refractivity contribution in [3.63, 3.8) is 0 Å². The van der Waals surface area contributed by atoms with Crippen LogP contribution in [-0.2, 0) is 0 Å². The van der Waals surface area contributed by atoms with Crippen molar-refractivity contribution < 1.29 is 5.11 Å². The highest BCUT2D eigenvalue weighted by Gasteiger charge is 2.04. The Morgan fingerprint density at radius 1 is 1.11 bits per heavy atom. The zero-order valence-corrected chi connectivity index (χ0v) is 10.1. The Hall–Kier alpha value is -2.42. The average Bonchev–Trinajstić information content (AvgIpc) is 2.75. The third-order valence-corrected chi connectivity index (χ3v) is 3.07. The molecule has 0 radical (unpaired) electrons. The molecule has 0 saturated heterocycles. The first kappa shape index (κ1) is 10.7. The van der Waals surface area contributed by atoms with E-state index < -0.39 is 0 Å². The van der Waals surface area contributed by atoms with Gasteiger partial charge in [-0.25, -0.2) is 0 Å². The number of benzene rings is 2. The molecule has 0 fully saturated rings. The van der Waals surface area contributed by atoms with Crippen LogP contribution in [-0.4, -0.2) is 10.1 Å². The van der Waals surface area contributed by atoms with Crippen LogP contribution in [0.25, 0.3) is 10.8 Å². The third-order valence-electron chi connectivity index (χ3n) is 3.07. The maximum Gasteiger partial charge on any atom is 0.125 e. The molecule has 1 aromatic heterocycles. The van der Waals surface area contributed by atoms with Gasteiger partial charge in [0.2, 0.25) is 0 Å². The lowest BCUT2D eigenvalue weighted by Crippen LogP contribution is -1.91. The molecular formula is C15H14N2O. The minimum Gasteiger partial charge on any atom is -0.507 e. The van der Waals surface area contributed by atoms with Gasteiger partial charge >= 0.3 is 0 Å². The molecule has 2 aromatic carbocycles. The summed E-state index contributed by atoms with van der Waals surface area (Å²) in [6.07, 6.45) is 1.89. The van der Waals surface area contributed by atoms with E-state index in [1.165, 1.54) is 0 Å². The highest BCUT2D eigenvalue weighted by Crippen LogP contribution is 2.30. The number of nitrogens with one attached hydrogen (secondary N) is 2. The number of H-pyrrole nitrogens is 1. The number of hydrogen-bond acceptors (Lipinski definition) is 2. The van der Waals surface area contributed by atoms with Crippen LogP contribution in [0.2, 0.25) is 0 Å². The number of aromatic nitrogens is 1. The number of anilines is 2. The average molecular weight is 238 g/mol. The van der Waals surface area contributed by atoms with E-state index in [9.17, 15) is 5.11 Å². The van der Waals surface area contributed by atoms with Gasteiger partial charge in [-0.2, -0.15) is 0 Å². The minimum absolute atomic E-state index is 0.295. The van der Waals surface area contributed by atoms with Crippen molar-refractivity contribution in [2.75, 3.05) is 5.32 Å². The van der Waals surface area contributed by atoms with Gasteiger partial charge in [0.15, 0.2) is 0 Å². The summed E-state index contributed by atoms with van der Waals surface area (Å²) >= 11 is 0.